The Labute approximate surface area is 162 Å². The van der Waals surface area contributed by atoms with Crippen LogP contribution in [0, 0.1) is 6.92 Å². The lowest BCUT2D eigenvalue weighted by molar-refractivity contribution is -0.0218. The SMILES string of the molecule is Cc1ccc(-c2cc3c(cc2O)OCC2(O)Cc4cc(O)c(O)cc4C32)cc1. The number of aromatic hydroxyl groups is 3. The molecule has 1 aliphatic heterocycles. The maximum Gasteiger partial charge on any atom is 0.157 e. The van der Waals surface area contributed by atoms with E-state index >= 15 is 0 Å². The number of rotatable bonds is 1. The van der Waals surface area contributed by atoms with Crippen molar-refractivity contribution in [3.8, 4) is 34.1 Å². The Morgan fingerprint density at radius 2 is 1.61 bits per heavy atom. The van der Waals surface area contributed by atoms with Gasteiger partial charge in [0.25, 0.3) is 0 Å². The summed E-state index contributed by atoms with van der Waals surface area (Å²) in [5.41, 5.74) is 3.78. The lowest BCUT2D eigenvalue weighted by atomic mass is 9.79. The van der Waals surface area contributed by atoms with Gasteiger partial charge in [0.05, 0.1) is 0 Å². The molecule has 0 amide bonds. The molecule has 0 saturated heterocycles. The first-order valence-corrected chi connectivity index (χ1v) is 9.19. The first kappa shape index (κ1) is 17.0. The summed E-state index contributed by atoms with van der Waals surface area (Å²) in [5, 5.41) is 41.7. The Morgan fingerprint density at radius 1 is 0.893 bits per heavy atom. The highest BCUT2D eigenvalue weighted by atomic mass is 16.5. The smallest absolute Gasteiger partial charge is 0.157 e. The third-order valence-electron chi connectivity index (χ3n) is 5.86. The van der Waals surface area contributed by atoms with Crippen LogP contribution in [-0.2, 0) is 6.42 Å². The van der Waals surface area contributed by atoms with Gasteiger partial charge in [0.2, 0.25) is 0 Å². The van der Waals surface area contributed by atoms with E-state index < -0.39 is 11.5 Å². The molecule has 0 bridgehead atoms. The van der Waals surface area contributed by atoms with Gasteiger partial charge in [-0.15, -0.1) is 0 Å². The number of benzene rings is 3. The Morgan fingerprint density at radius 3 is 2.36 bits per heavy atom. The van der Waals surface area contributed by atoms with Gasteiger partial charge in [-0.3, -0.25) is 0 Å². The summed E-state index contributed by atoms with van der Waals surface area (Å²) in [6.45, 7) is 2.08. The molecular formula is C23H20O5. The van der Waals surface area contributed by atoms with Crippen molar-refractivity contribution in [1.82, 2.24) is 0 Å². The lowest BCUT2D eigenvalue weighted by Gasteiger charge is -2.37. The zero-order chi connectivity index (χ0) is 19.6. The average molecular weight is 376 g/mol. The Balaban J connectivity index is 1.71. The molecule has 4 N–H and O–H groups in total. The molecule has 2 atom stereocenters. The summed E-state index contributed by atoms with van der Waals surface area (Å²) in [4.78, 5) is 0. The summed E-state index contributed by atoms with van der Waals surface area (Å²) < 4.78 is 5.79. The molecule has 0 aromatic heterocycles. The van der Waals surface area contributed by atoms with Crippen molar-refractivity contribution >= 4 is 0 Å². The van der Waals surface area contributed by atoms with E-state index in [1.165, 1.54) is 12.1 Å². The van der Waals surface area contributed by atoms with E-state index in [2.05, 4.69) is 0 Å². The molecule has 5 rings (SSSR count). The maximum atomic E-state index is 11.3. The van der Waals surface area contributed by atoms with E-state index in [0.29, 0.717) is 17.7 Å². The third-order valence-corrected chi connectivity index (χ3v) is 5.86. The van der Waals surface area contributed by atoms with Crippen molar-refractivity contribution in [3.05, 3.63) is 70.8 Å². The van der Waals surface area contributed by atoms with Crippen LogP contribution in [0.5, 0.6) is 23.0 Å². The van der Waals surface area contributed by atoms with Crippen LogP contribution in [0.3, 0.4) is 0 Å². The fraction of sp³-hybridized carbons (Fsp3) is 0.217. The molecule has 3 aromatic carbocycles. The van der Waals surface area contributed by atoms with Gasteiger partial charge in [0.15, 0.2) is 11.5 Å². The predicted molar refractivity (Wildman–Crippen MR) is 104 cm³/mol. The van der Waals surface area contributed by atoms with Crippen LogP contribution in [0.2, 0.25) is 0 Å². The first-order chi connectivity index (χ1) is 13.4. The standard InChI is InChI=1S/C23H20O5/c1-12-2-4-13(5-3-12)15-7-17-21(9-18(15)24)28-11-23(27)10-14-6-19(25)20(26)8-16(14)22(17)23/h2-9,22,24-27H,10-11H2,1H3. The molecule has 2 unspecified atom stereocenters. The molecule has 0 spiro atoms. The quantitative estimate of drug-likeness (QED) is 0.487. The van der Waals surface area contributed by atoms with E-state index in [0.717, 1.165) is 27.8 Å². The van der Waals surface area contributed by atoms with Crippen LogP contribution in [0.15, 0.2) is 48.5 Å². The summed E-state index contributed by atoms with van der Waals surface area (Å²) >= 11 is 0. The van der Waals surface area contributed by atoms with Gasteiger partial charge in [0.1, 0.15) is 23.7 Å². The fourth-order valence-corrected chi connectivity index (χ4v) is 4.47. The van der Waals surface area contributed by atoms with Crippen LogP contribution < -0.4 is 4.74 Å². The molecule has 0 saturated carbocycles. The molecule has 5 heteroatoms. The number of aryl methyl sites for hydroxylation is 1. The van der Waals surface area contributed by atoms with E-state index in [1.54, 1.807) is 6.07 Å². The Kier molecular flexibility index (Phi) is 3.43. The molecule has 3 aromatic rings. The summed E-state index contributed by atoms with van der Waals surface area (Å²) in [6, 6.07) is 14.3. The molecule has 5 nitrogen and oxygen atoms in total. The number of phenolic OH excluding ortho intramolecular Hbond substituents is 3. The summed E-state index contributed by atoms with van der Waals surface area (Å²) in [5.74, 6) is -0.201. The molecule has 142 valence electrons. The summed E-state index contributed by atoms with van der Waals surface area (Å²) in [6.07, 6.45) is 0.320. The lowest BCUT2D eigenvalue weighted by Crippen LogP contribution is -2.43. The second-order valence-electron chi connectivity index (χ2n) is 7.81. The number of fused-ring (bicyclic) bond motifs is 5. The Hall–Kier alpha value is -3.18. The first-order valence-electron chi connectivity index (χ1n) is 9.19. The molecule has 1 aliphatic carbocycles. The summed E-state index contributed by atoms with van der Waals surface area (Å²) in [7, 11) is 0. The predicted octanol–water partition coefficient (Wildman–Crippen LogP) is 3.59. The van der Waals surface area contributed by atoms with Crippen molar-refractivity contribution in [2.75, 3.05) is 6.61 Å². The van der Waals surface area contributed by atoms with Gasteiger partial charge in [0, 0.05) is 29.5 Å². The van der Waals surface area contributed by atoms with Gasteiger partial charge >= 0.3 is 0 Å². The minimum atomic E-state index is -1.17. The molecule has 0 radical (unpaired) electrons. The fourth-order valence-electron chi connectivity index (χ4n) is 4.47. The molecular weight excluding hydrogens is 356 g/mol. The number of phenols is 3. The van der Waals surface area contributed by atoms with Crippen molar-refractivity contribution in [2.24, 2.45) is 0 Å². The highest BCUT2D eigenvalue weighted by Gasteiger charge is 2.50. The minimum Gasteiger partial charge on any atom is -0.507 e. The van der Waals surface area contributed by atoms with E-state index in [1.807, 2.05) is 37.3 Å². The van der Waals surface area contributed by atoms with Gasteiger partial charge in [-0.05, 0) is 41.8 Å². The molecule has 1 heterocycles. The largest absolute Gasteiger partial charge is 0.507 e. The van der Waals surface area contributed by atoms with Gasteiger partial charge in [-0.1, -0.05) is 29.8 Å². The van der Waals surface area contributed by atoms with Crippen molar-refractivity contribution in [1.29, 1.82) is 0 Å². The van der Waals surface area contributed by atoms with Crippen LogP contribution in [-0.4, -0.2) is 32.6 Å². The number of hydrogen-bond donors (Lipinski definition) is 4. The van der Waals surface area contributed by atoms with Crippen LogP contribution in [0.4, 0.5) is 0 Å². The van der Waals surface area contributed by atoms with Crippen LogP contribution in [0.1, 0.15) is 28.2 Å². The number of ether oxygens (including phenoxy) is 1. The molecule has 2 aliphatic rings. The van der Waals surface area contributed by atoms with Crippen molar-refractivity contribution in [3.63, 3.8) is 0 Å². The normalized spacial score (nSPS) is 22.1. The number of aliphatic hydroxyl groups is 1. The van der Waals surface area contributed by atoms with E-state index in [9.17, 15) is 20.4 Å². The van der Waals surface area contributed by atoms with Crippen molar-refractivity contribution < 1.29 is 25.2 Å². The zero-order valence-electron chi connectivity index (χ0n) is 15.3. The van der Waals surface area contributed by atoms with Crippen LogP contribution in [0.25, 0.3) is 11.1 Å². The Bertz CT molecular complexity index is 1100. The second kappa shape index (κ2) is 5.66. The van der Waals surface area contributed by atoms with Gasteiger partial charge < -0.3 is 25.2 Å². The van der Waals surface area contributed by atoms with Crippen LogP contribution >= 0.6 is 0 Å². The van der Waals surface area contributed by atoms with Gasteiger partial charge in [-0.25, -0.2) is 0 Å². The number of hydrogen-bond acceptors (Lipinski definition) is 5. The highest BCUT2D eigenvalue weighted by Crippen LogP contribution is 2.54. The zero-order valence-corrected chi connectivity index (χ0v) is 15.3. The van der Waals surface area contributed by atoms with Crippen molar-refractivity contribution in [2.45, 2.75) is 24.9 Å². The highest BCUT2D eigenvalue weighted by molar-refractivity contribution is 5.74. The molecule has 0 fully saturated rings. The van der Waals surface area contributed by atoms with E-state index in [4.69, 9.17) is 4.74 Å². The average Bonchev–Trinajstić information content (AvgIpc) is 2.94. The van der Waals surface area contributed by atoms with E-state index in [-0.39, 0.29) is 23.9 Å². The third kappa shape index (κ3) is 2.36. The topological polar surface area (TPSA) is 90.2 Å². The minimum absolute atomic E-state index is 0.0736. The van der Waals surface area contributed by atoms with Gasteiger partial charge in [-0.2, -0.15) is 0 Å². The molecule has 28 heavy (non-hydrogen) atoms. The second-order valence-corrected chi connectivity index (χ2v) is 7.81. The monoisotopic (exact) mass is 376 g/mol. The maximum absolute atomic E-state index is 11.3.